The molecular formula is C26H32F3N7O3. The van der Waals surface area contributed by atoms with Crippen molar-refractivity contribution < 1.29 is 22.7 Å². The van der Waals surface area contributed by atoms with Crippen molar-refractivity contribution in [1.29, 1.82) is 0 Å². The summed E-state index contributed by atoms with van der Waals surface area (Å²) < 4.78 is 43.3. The SMILES string of the molecule is CCc1nc(Nc2ccc(C3CCN(CCC(F)(F)F)CC3)cc2OC)nc2[nH]c(NC)c(C(N)=O)c(=O)c12. The lowest BCUT2D eigenvalue weighted by atomic mass is 9.89. The van der Waals surface area contributed by atoms with Gasteiger partial charge in [-0.3, -0.25) is 9.59 Å². The number of aromatic amines is 1. The molecule has 1 saturated heterocycles. The number of pyridine rings is 1. The summed E-state index contributed by atoms with van der Waals surface area (Å²) in [5.41, 5.74) is 7.04. The van der Waals surface area contributed by atoms with Crippen LogP contribution in [-0.2, 0) is 6.42 Å². The summed E-state index contributed by atoms with van der Waals surface area (Å²) in [4.78, 5) is 38.8. The summed E-state index contributed by atoms with van der Waals surface area (Å²) in [6.07, 6.45) is -3.01. The first-order valence-corrected chi connectivity index (χ1v) is 12.7. The number of anilines is 3. The number of alkyl halides is 3. The fourth-order valence-corrected chi connectivity index (χ4v) is 4.95. The monoisotopic (exact) mass is 547 g/mol. The number of nitrogens with one attached hydrogen (secondary N) is 3. The van der Waals surface area contributed by atoms with E-state index in [2.05, 4.69) is 25.6 Å². The number of hydrogen-bond acceptors (Lipinski definition) is 8. The maximum Gasteiger partial charge on any atom is 0.390 e. The first-order valence-electron chi connectivity index (χ1n) is 12.7. The van der Waals surface area contributed by atoms with Crippen LogP contribution in [0.1, 0.15) is 53.7 Å². The molecule has 210 valence electrons. The lowest BCUT2D eigenvalue weighted by Gasteiger charge is -2.32. The predicted molar refractivity (Wildman–Crippen MR) is 143 cm³/mol. The maximum atomic E-state index is 13.1. The molecule has 0 spiro atoms. The second-order valence-corrected chi connectivity index (χ2v) is 9.46. The molecule has 0 unspecified atom stereocenters. The maximum absolute atomic E-state index is 13.1. The molecular weight excluding hydrogens is 515 g/mol. The fourth-order valence-electron chi connectivity index (χ4n) is 4.95. The number of halogens is 3. The van der Waals surface area contributed by atoms with E-state index in [1.807, 2.05) is 30.0 Å². The molecule has 3 heterocycles. The summed E-state index contributed by atoms with van der Waals surface area (Å²) in [6, 6.07) is 5.73. The number of carbonyl (C=O) groups excluding carboxylic acids is 1. The van der Waals surface area contributed by atoms with Crippen LogP contribution in [0.3, 0.4) is 0 Å². The van der Waals surface area contributed by atoms with Gasteiger partial charge in [0.1, 0.15) is 22.8 Å². The third kappa shape index (κ3) is 6.24. The van der Waals surface area contributed by atoms with Crippen molar-refractivity contribution in [3.05, 3.63) is 45.2 Å². The topological polar surface area (TPSA) is 138 Å². The molecule has 1 amide bonds. The molecule has 2 aromatic heterocycles. The molecule has 39 heavy (non-hydrogen) atoms. The number of likely N-dealkylation sites (tertiary alicyclic amines) is 1. The number of benzene rings is 1. The molecule has 0 aliphatic carbocycles. The number of aryl methyl sites for hydroxylation is 1. The Balaban J connectivity index is 1.57. The van der Waals surface area contributed by atoms with Gasteiger partial charge < -0.3 is 31.0 Å². The normalized spacial score (nSPS) is 14.9. The van der Waals surface area contributed by atoms with Crippen molar-refractivity contribution in [3.8, 4) is 5.75 Å². The lowest BCUT2D eigenvalue weighted by molar-refractivity contribution is -0.138. The van der Waals surface area contributed by atoms with Gasteiger partial charge in [-0.05, 0) is 56.0 Å². The van der Waals surface area contributed by atoms with E-state index in [-0.39, 0.29) is 40.8 Å². The van der Waals surface area contributed by atoms with Crippen LogP contribution in [0.2, 0.25) is 0 Å². The van der Waals surface area contributed by atoms with Crippen LogP contribution in [0, 0.1) is 0 Å². The van der Waals surface area contributed by atoms with Crippen molar-refractivity contribution in [2.24, 2.45) is 5.73 Å². The van der Waals surface area contributed by atoms with Crippen LogP contribution in [-0.4, -0.2) is 65.7 Å². The number of rotatable bonds is 9. The predicted octanol–water partition coefficient (Wildman–Crippen LogP) is 3.91. The van der Waals surface area contributed by atoms with Gasteiger partial charge in [0.2, 0.25) is 11.4 Å². The number of fused-ring (bicyclic) bond motifs is 1. The van der Waals surface area contributed by atoms with Gasteiger partial charge in [0, 0.05) is 13.6 Å². The molecule has 4 rings (SSSR count). The summed E-state index contributed by atoms with van der Waals surface area (Å²) >= 11 is 0. The molecule has 0 bridgehead atoms. The highest BCUT2D eigenvalue weighted by atomic mass is 19.4. The number of H-pyrrole nitrogens is 1. The van der Waals surface area contributed by atoms with Crippen molar-refractivity contribution >= 4 is 34.4 Å². The number of hydrogen-bond donors (Lipinski definition) is 4. The van der Waals surface area contributed by atoms with Gasteiger partial charge in [-0.2, -0.15) is 18.2 Å². The van der Waals surface area contributed by atoms with Crippen molar-refractivity contribution in [2.75, 3.05) is 44.4 Å². The number of amides is 1. The molecule has 1 aliphatic heterocycles. The Morgan fingerprint density at radius 3 is 2.56 bits per heavy atom. The van der Waals surface area contributed by atoms with Crippen molar-refractivity contribution in [3.63, 3.8) is 0 Å². The average molecular weight is 548 g/mol. The van der Waals surface area contributed by atoms with Gasteiger partial charge in [0.05, 0.1) is 30.3 Å². The van der Waals surface area contributed by atoms with E-state index in [1.165, 1.54) is 0 Å². The van der Waals surface area contributed by atoms with E-state index in [1.54, 1.807) is 14.2 Å². The second-order valence-electron chi connectivity index (χ2n) is 9.46. The molecule has 1 aliphatic rings. The number of primary amides is 1. The van der Waals surface area contributed by atoms with E-state index in [0.29, 0.717) is 36.6 Å². The highest BCUT2D eigenvalue weighted by Gasteiger charge is 2.29. The van der Waals surface area contributed by atoms with Crippen LogP contribution in [0.5, 0.6) is 5.75 Å². The first kappa shape index (κ1) is 28.1. The largest absolute Gasteiger partial charge is 0.495 e. The van der Waals surface area contributed by atoms with Crippen LogP contribution >= 0.6 is 0 Å². The minimum Gasteiger partial charge on any atom is -0.495 e. The summed E-state index contributed by atoms with van der Waals surface area (Å²) in [5, 5.41) is 6.13. The van der Waals surface area contributed by atoms with E-state index >= 15 is 0 Å². The van der Waals surface area contributed by atoms with Crippen LogP contribution in [0.15, 0.2) is 23.0 Å². The van der Waals surface area contributed by atoms with Crippen LogP contribution in [0.4, 0.5) is 30.6 Å². The summed E-state index contributed by atoms with van der Waals surface area (Å²) in [5.74, 6) is 0.306. The average Bonchev–Trinajstić information content (AvgIpc) is 2.91. The van der Waals surface area contributed by atoms with Crippen LogP contribution < -0.4 is 26.5 Å². The van der Waals surface area contributed by atoms with Crippen molar-refractivity contribution in [1.82, 2.24) is 19.9 Å². The van der Waals surface area contributed by atoms with Gasteiger partial charge in [-0.25, -0.2) is 4.98 Å². The van der Waals surface area contributed by atoms with E-state index in [4.69, 9.17) is 10.5 Å². The molecule has 3 aromatic rings. The number of aromatic nitrogens is 3. The standard InChI is InChI=1S/C26H32F3N7O3/c1-4-16-19-21(37)20(22(30)38)23(31-2)34-24(19)35-25(32-16)33-17-6-5-15(13-18(17)39-3)14-7-10-36(11-8-14)12-9-26(27,28)29/h5-6,13-14H,4,7-12H2,1-3H3,(H2,30,38)(H3,31,32,33,34,35,37). The van der Waals surface area contributed by atoms with E-state index < -0.39 is 23.9 Å². The van der Waals surface area contributed by atoms with Gasteiger partial charge in [-0.15, -0.1) is 0 Å². The second kappa shape index (κ2) is 11.5. The number of piperidine rings is 1. The Kier molecular flexibility index (Phi) is 8.28. The number of methoxy groups -OCH3 is 1. The first-order chi connectivity index (χ1) is 18.5. The smallest absolute Gasteiger partial charge is 0.390 e. The zero-order valence-electron chi connectivity index (χ0n) is 22.0. The highest BCUT2D eigenvalue weighted by Crippen LogP contribution is 2.35. The third-order valence-corrected chi connectivity index (χ3v) is 7.01. The number of nitrogens with zero attached hydrogens (tertiary/aromatic N) is 3. The number of nitrogens with two attached hydrogens (primary N) is 1. The summed E-state index contributed by atoms with van der Waals surface area (Å²) in [7, 11) is 3.11. The quantitative estimate of drug-likeness (QED) is 0.316. The molecule has 5 N–H and O–H groups in total. The molecule has 1 fully saturated rings. The highest BCUT2D eigenvalue weighted by molar-refractivity contribution is 6.01. The number of ether oxygens (including phenoxy) is 1. The molecule has 13 heteroatoms. The zero-order valence-corrected chi connectivity index (χ0v) is 22.0. The van der Waals surface area contributed by atoms with Crippen LogP contribution in [0.25, 0.3) is 11.0 Å². The molecule has 0 saturated carbocycles. The Bertz CT molecular complexity index is 1420. The van der Waals surface area contributed by atoms with E-state index in [9.17, 15) is 22.8 Å². The molecule has 0 radical (unpaired) electrons. The fraction of sp³-hybridized carbons (Fsp3) is 0.462. The Morgan fingerprint density at radius 2 is 1.97 bits per heavy atom. The third-order valence-electron chi connectivity index (χ3n) is 7.01. The Hall–Kier alpha value is -3.87. The van der Waals surface area contributed by atoms with Gasteiger partial charge in [0.15, 0.2) is 0 Å². The minimum absolute atomic E-state index is 0.0266. The van der Waals surface area contributed by atoms with Crippen molar-refractivity contribution in [2.45, 2.75) is 44.7 Å². The number of carbonyl (C=O) groups is 1. The molecule has 1 aromatic carbocycles. The molecule has 0 atom stereocenters. The summed E-state index contributed by atoms with van der Waals surface area (Å²) in [6.45, 7) is 3.08. The van der Waals surface area contributed by atoms with Gasteiger partial charge >= 0.3 is 6.18 Å². The zero-order chi connectivity index (χ0) is 28.3. The Morgan fingerprint density at radius 1 is 1.26 bits per heavy atom. The van der Waals surface area contributed by atoms with E-state index in [0.717, 1.165) is 18.4 Å². The Labute approximate surface area is 223 Å². The van der Waals surface area contributed by atoms with Gasteiger partial charge in [-0.1, -0.05) is 13.0 Å². The van der Waals surface area contributed by atoms with Gasteiger partial charge in [0.25, 0.3) is 5.91 Å². The lowest BCUT2D eigenvalue weighted by Crippen LogP contribution is -2.35. The molecule has 10 nitrogen and oxygen atoms in total. The minimum atomic E-state index is -4.14.